The third kappa shape index (κ3) is 6.86. The van der Waals surface area contributed by atoms with Gasteiger partial charge in [-0.2, -0.15) is 0 Å². The predicted molar refractivity (Wildman–Crippen MR) is 126 cm³/mol. The lowest BCUT2D eigenvalue weighted by atomic mass is 10.1. The Labute approximate surface area is 189 Å². The lowest BCUT2D eigenvalue weighted by Gasteiger charge is -2.16. The number of hydrogen-bond donors (Lipinski definition) is 3. The smallest absolute Gasteiger partial charge is 0.215 e. The molecular weight excluding hydrogens is 503 g/mol. The van der Waals surface area contributed by atoms with E-state index in [1.54, 1.807) is 13.1 Å². The monoisotopic (exact) mass is 530 g/mol. The molecule has 0 fully saturated rings. The van der Waals surface area contributed by atoms with E-state index >= 15 is 0 Å². The molecule has 7 nitrogen and oxygen atoms in total. The molecule has 0 bridgehead atoms. The Bertz CT molecular complexity index is 925. The molecule has 3 N–H and O–H groups in total. The Morgan fingerprint density at radius 2 is 1.90 bits per heavy atom. The number of hydrogen-bond acceptors (Lipinski definition) is 4. The van der Waals surface area contributed by atoms with Gasteiger partial charge in [0.15, 0.2) is 5.96 Å². The molecule has 0 saturated heterocycles. The first-order chi connectivity index (χ1) is 13.5. The zero-order valence-electron chi connectivity index (χ0n) is 16.5. The van der Waals surface area contributed by atoms with Gasteiger partial charge in [0.05, 0.1) is 12.3 Å². The molecule has 3 rings (SSSR count). The molecule has 2 aromatic carbocycles. The van der Waals surface area contributed by atoms with E-state index < -0.39 is 10.0 Å². The summed E-state index contributed by atoms with van der Waals surface area (Å²) in [4.78, 5) is 4.24. The van der Waals surface area contributed by atoms with Gasteiger partial charge < -0.3 is 15.4 Å². The number of aliphatic imine (C=N–C) groups is 1. The van der Waals surface area contributed by atoms with Crippen LogP contribution in [0, 0.1) is 0 Å². The minimum atomic E-state index is -3.29. The number of benzene rings is 2. The molecule has 0 amide bonds. The Hall–Kier alpha value is -1.85. The quantitative estimate of drug-likeness (QED) is 0.290. The maximum absolute atomic E-state index is 11.7. The van der Waals surface area contributed by atoms with Gasteiger partial charge >= 0.3 is 0 Å². The zero-order chi connectivity index (χ0) is 20.0. The maximum Gasteiger partial charge on any atom is 0.215 e. The highest BCUT2D eigenvalue weighted by molar-refractivity contribution is 14.0. The number of para-hydroxylation sites is 1. The van der Waals surface area contributed by atoms with Gasteiger partial charge in [-0.05, 0) is 29.8 Å². The fraction of sp³-hybridized carbons (Fsp3) is 0.350. The van der Waals surface area contributed by atoms with Crippen molar-refractivity contribution in [1.82, 2.24) is 15.4 Å². The molecule has 0 saturated carbocycles. The van der Waals surface area contributed by atoms with Crippen LogP contribution < -0.4 is 20.1 Å². The van der Waals surface area contributed by atoms with E-state index in [4.69, 9.17) is 4.74 Å². The van der Waals surface area contributed by atoms with Crippen LogP contribution in [0.2, 0.25) is 0 Å². The lowest BCUT2D eigenvalue weighted by molar-refractivity contribution is 0.235. The van der Waals surface area contributed by atoms with Crippen LogP contribution in [0.25, 0.3) is 0 Å². The minimum absolute atomic E-state index is 0. The molecule has 1 atom stereocenters. The van der Waals surface area contributed by atoms with E-state index in [0.717, 1.165) is 23.3 Å². The average molecular weight is 530 g/mol. The van der Waals surface area contributed by atoms with Gasteiger partial charge in [0, 0.05) is 20.0 Å². The molecule has 29 heavy (non-hydrogen) atoms. The second-order valence-electron chi connectivity index (χ2n) is 6.64. The highest BCUT2D eigenvalue weighted by atomic mass is 127. The van der Waals surface area contributed by atoms with Gasteiger partial charge in [0.25, 0.3) is 0 Å². The van der Waals surface area contributed by atoms with E-state index in [-0.39, 0.29) is 35.8 Å². The molecule has 1 heterocycles. The van der Waals surface area contributed by atoms with Crippen molar-refractivity contribution >= 4 is 40.0 Å². The Balaban J connectivity index is 0.00000300. The van der Waals surface area contributed by atoms with Crippen molar-refractivity contribution < 1.29 is 13.2 Å². The normalized spacial score (nSPS) is 15.8. The van der Waals surface area contributed by atoms with Gasteiger partial charge in [-0.25, -0.2) is 13.1 Å². The van der Waals surface area contributed by atoms with Crippen LogP contribution in [0.5, 0.6) is 5.75 Å². The van der Waals surface area contributed by atoms with Crippen molar-refractivity contribution in [2.45, 2.75) is 24.8 Å². The van der Waals surface area contributed by atoms with Crippen LogP contribution in [-0.2, 0) is 28.7 Å². The molecule has 1 aliphatic rings. The fourth-order valence-electron chi connectivity index (χ4n) is 3.11. The minimum Gasteiger partial charge on any atom is -0.488 e. The maximum atomic E-state index is 11.7. The summed E-state index contributed by atoms with van der Waals surface area (Å²) >= 11 is 0. The Kier molecular flexibility index (Phi) is 8.72. The van der Waals surface area contributed by atoms with E-state index in [2.05, 4.69) is 26.4 Å². The van der Waals surface area contributed by atoms with E-state index in [1.165, 1.54) is 12.6 Å². The van der Waals surface area contributed by atoms with Crippen LogP contribution in [0.3, 0.4) is 0 Å². The number of nitrogens with one attached hydrogen (secondary N) is 3. The van der Waals surface area contributed by atoms with Gasteiger partial charge in [-0.3, -0.25) is 4.99 Å². The molecule has 0 radical (unpaired) electrons. The lowest BCUT2D eigenvalue weighted by Crippen LogP contribution is -2.41. The van der Waals surface area contributed by atoms with Crippen LogP contribution in [0.15, 0.2) is 53.5 Å². The molecule has 0 spiro atoms. The molecule has 0 aromatic heterocycles. The second-order valence-corrected chi connectivity index (χ2v) is 8.57. The third-order valence-corrected chi connectivity index (χ3v) is 5.89. The molecule has 1 aliphatic heterocycles. The number of guanidine groups is 1. The largest absolute Gasteiger partial charge is 0.488 e. The summed E-state index contributed by atoms with van der Waals surface area (Å²) in [6, 6.07) is 15.6. The summed E-state index contributed by atoms with van der Waals surface area (Å²) in [6.07, 6.45) is 0.952. The number of ether oxygens (including phenoxy) is 1. The van der Waals surface area contributed by atoms with Gasteiger partial charge in [-0.1, -0.05) is 42.5 Å². The van der Waals surface area contributed by atoms with Crippen LogP contribution in [-0.4, -0.2) is 41.1 Å². The number of nitrogens with zero attached hydrogens (tertiary/aromatic N) is 1. The topological polar surface area (TPSA) is 91.8 Å². The van der Waals surface area contributed by atoms with Crippen LogP contribution in [0.1, 0.15) is 16.7 Å². The Morgan fingerprint density at radius 1 is 1.14 bits per heavy atom. The van der Waals surface area contributed by atoms with Crippen molar-refractivity contribution in [2.24, 2.45) is 4.99 Å². The van der Waals surface area contributed by atoms with Crippen molar-refractivity contribution in [3.05, 3.63) is 65.2 Å². The van der Waals surface area contributed by atoms with E-state index in [9.17, 15) is 8.42 Å². The molecule has 2 aromatic rings. The van der Waals surface area contributed by atoms with Gasteiger partial charge in [0.1, 0.15) is 11.9 Å². The van der Waals surface area contributed by atoms with Crippen molar-refractivity contribution in [1.29, 1.82) is 0 Å². The second kappa shape index (κ2) is 10.8. The highest BCUT2D eigenvalue weighted by Gasteiger charge is 2.22. The van der Waals surface area contributed by atoms with E-state index in [1.807, 2.05) is 36.4 Å². The highest BCUT2D eigenvalue weighted by Crippen LogP contribution is 2.27. The van der Waals surface area contributed by atoms with Crippen LogP contribution in [0.4, 0.5) is 0 Å². The van der Waals surface area contributed by atoms with E-state index in [0.29, 0.717) is 19.0 Å². The number of sulfonamides is 1. The summed E-state index contributed by atoms with van der Waals surface area (Å²) in [5, 5.41) is 6.54. The SMILES string of the molecule is CN=C(NCc1cccc(CS(=O)(=O)NC)c1)NCC1Cc2ccccc2O1.I. The molecule has 1 unspecified atom stereocenters. The zero-order valence-corrected chi connectivity index (χ0v) is 19.7. The molecular formula is C20H27IN4O3S. The predicted octanol–water partition coefficient (Wildman–Crippen LogP) is 2.02. The first-order valence-corrected chi connectivity index (χ1v) is 10.8. The summed E-state index contributed by atoms with van der Waals surface area (Å²) in [6.45, 7) is 1.19. The summed E-state index contributed by atoms with van der Waals surface area (Å²) < 4.78 is 31.7. The van der Waals surface area contributed by atoms with Crippen molar-refractivity contribution in [2.75, 3.05) is 20.6 Å². The van der Waals surface area contributed by atoms with Crippen molar-refractivity contribution in [3.63, 3.8) is 0 Å². The molecule has 9 heteroatoms. The fourth-order valence-corrected chi connectivity index (χ4v) is 3.87. The first kappa shape index (κ1) is 23.4. The van der Waals surface area contributed by atoms with Crippen molar-refractivity contribution in [3.8, 4) is 5.75 Å². The first-order valence-electron chi connectivity index (χ1n) is 9.17. The number of rotatable bonds is 7. The summed E-state index contributed by atoms with van der Waals surface area (Å²) in [5.74, 6) is 1.59. The summed E-state index contributed by atoms with van der Waals surface area (Å²) in [5.41, 5.74) is 2.95. The molecule has 0 aliphatic carbocycles. The summed E-state index contributed by atoms with van der Waals surface area (Å²) in [7, 11) is -0.149. The van der Waals surface area contributed by atoms with Gasteiger partial charge in [0.2, 0.25) is 10.0 Å². The van der Waals surface area contributed by atoms with Crippen LogP contribution >= 0.6 is 24.0 Å². The standard InChI is InChI=1S/C20H26N4O3S.HI/c1-21-20(24-13-18-11-17-8-3-4-9-19(17)27-18)23-12-15-6-5-7-16(10-15)14-28(25,26)22-2;/h3-10,18,22H,11-14H2,1-2H3,(H2,21,23,24);1H. The Morgan fingerprint density at radius 3 is 2.62 bits per heavy atom. The van der Waals surface area contributed by atoms with Gasteiger partial charge in [-0.15, -0.1) is 24.0 Å². The molecule has 158 valence electrons. The third-order valence-electron chi connectivity index (χ3n) is 4.55. The number of fused-ring (bicyclic) bond motifs is 1. The average Bonchev–Trinajstić information content (AvgIpc) is 3.11. The number of halogens is 1.